The van der Waals surface area contributed by atoms with Crippen LogP contribution in [0.5, 0.6) is 0 Å². The molecule has 38 heavy (non-hydrogen) atoms. The maximum Gasteiger partial charge on any atom is 0.0394 e. The zero-order valence-electron chi connectivity index (χ0n) is 21.2. The van der Waals surface area contributed by atoms with Crippen LogP contribution in [0.4, 0.5) is 5.69 Å². The van der Waals surface area contributed by atoms with Crippen LogP contribution < -0.4 is 5.73 Å². The summed E-state index contributed by atoms with van der Waals surface area (Å²) in [5.74, 6) is 0. The molecule has 6 rings (SSSR count). The summed E-state index contributed by atoms with van der Waals surface area (Å²) in [5.41, 5.74) is 19.3. The summed E-state index contributed by atoms with van der Waals surface area (Å²) >= 11 is 0. The molecule has 0 spiro atoms. The molecule has 6 aromatic rings. The molecule has 0 fully saturated rings. The van der Waals surface area contributed by atoms with Crippen molar-refractivity contribution in [3.8, 4) is 44.5 Å². The van der Waals surface area contributed by atoms with Crippen LogP contribution in [0, 0.1) is 0 Å². The molecule has 0 atom stereocenters. The lowest BCUT2D eigenvalue weighted by atomic mass is 9.91. The molecule has 0 saturated carbocycles. The molecule has 0 saturated heterocycles. The van der Waals surface area contributed by atoms with Gasteiger partial charge in [0.05, 0.1) is 0 Å². The molecule has 0 aromatic heterocycles. The van der Waals surface area contributed by atoms with Crippen molar-refractivity contribution in [1.29, 1.82) is 0 Å². The van der Waals surface area contributed by atoms with Gasteiger partial charge in [-0.05, 0) is 68.6 Å². The van der Waals surface area contributed by atoms with Crippen LogP contribution in [-0.4, -0.2) is 0 Å². The molecule has 0 heterocycles. The minimum atomic E-state index is 0.796. The van der Waals surface area contributed by atoms with Gasteiger partial charge in [-0.15, -0.1) is 0 Å². The van der Waals surface area contributed by atoms with Gasteiger partial charge in [-0.3, -0.25) is 0 Å². The highest BCUT2D eigenvalue weighted by molar-refractivity contribution is 5.84. The van der Waals surface area contributed by atoms with E-state index in [1.165, 1.54) is 44.5 Å². The van der Waals surface area contributed by atoms with E-state index in [1.54, 1.807) is 0 Å². The molecule has 1 nitrogen and oxygen atoms in total. The summed E-state index contributed by atoms with van der Waals surface area (Å²) in [5, 5.41) is 0. The number of benzene rings is 6. The first kappa shape index (κ1) is 23.5. The lowest BCUT2D eigenvalue weighted by molar-refractivity contribution is 1.19. The molecule has 6 aromatic carbocycles. The summed E-state index contributed by atoms with van der Waals surface area (Å²) in [7, 11) is 0. The molecular formula is C37H29N. The van der Waals surface area contributed by atoms with E-state index in [9.17, 15) is 0 Å². The van der Waals surface area contributed by atoms with Crippen LogP contribution >= 0.6 is 0 Å². The molecule has 0 amide bonds. The lowest BCUT2D eigenvalue weighted by Crippen LogP contribution is -1.93. The molecule has 0 radical (unpaired) electrons. The van der Waals surface area contributed by atoms with Crippen LogP contribution in [0.3, 0.4) is 0 Å². The second-order valence-electron chi connectivity index (χ2n) is 9.65. The predicted octanol–water partition coefficient (Wildman–Crippen LogP) is 9.53. The minimum Gasteiger partial charge on any atom is -0.398 e. The molecule has 0 aliphatic rings. The average Bonchev–Trinajstić information content (AvgIpc) is 2.99. The SMILES string of the molecule is Nc1ccc(-c2ccc(Cc3ccc(-c4ccccc4)c(-c4ccccc4)c3)cc2)cc1-c1ccccc1. The quantitative estimate of drug-likeness (QED) is 0.233. The second-order valence-corrected chi connectivity index (χ2v) is 9.65. The van der Waals surface area contributed by atoms with Crippen LogP contribution in [0.15, 0.2) is 152 Å². The topological polar surface area (TPSA) is 26.0 Å². The highest BCUT2D eigenvalue weighted by Crippen LogP contribution is 2.34. The Morgan fingerprint density at radius 2 is 0.842 bits per heavy atom. The van der Waals surface area contributed by atoms with Crippen molar-refractivity contribution in [3.05, 3.63) is 163 Å². The Balaban J connectivity index is 1.29. The third-order valence-electron chi connectivity index (χ3n) is 7.09. The Kier molecular flexibility index (Phi) is 6.57. The van der Waals surface area contributed by atoms with Crippen molar-refractivity contribution in [2.24, 2.45) is 0 Å². The van der Waals surface area contributed by atoms with Crippen LogP contribution in [-0.2, 0) is 6.42 Å². The minimum absolute atomic E-state index is 0.796. The molecule has 0 aliphatic heterocycles. The first-order valence-electron chi connectivity index (χ1n) is 13.0. The van der Waals surface area contributed by atoms with Crippen molar-refractivity contribution < 1.29 is 0 Å². The van der Waals surface area contributed by atoms with Crippen molar-refractivity contribution in [2.45, 2.75) is 6.42 Å². The largest absolute Gasteiger partial charge is 0.398 e. The van der Waals surface area contributed by atoms with Crippen molar-refractivity contribution in [2.75, 3.05) is 5.73 Å². The third-order valence-corrected chi connectivity index (χ3v) is 7.09. The summed E-state index contributed by atoms with van der Waals surface area (Å²) < 4.78 is 0. The fourth-order valence-corrected chi connectivity index (χ4v) is 5.08. The van der Waals surface area contributed by atoms with E-state index in [0.717, 1.165) is 23.2 Å². The Morgan fingerprint density at radius 3 is 1.45 bits per heavy atom. The van der Waals surface area contributed by atoms with E-state index in [1.807, 2.05) is 24.3 Å². The molecule has 0 unspecified atom stereocenters. The normalized spacial score (nSPS) is 10.8. The predicted molar refractivity (Wildman–Crippen MR) is 162 cm³/mol. The lowest BCUT2D eigenvalue weighted by Gasteiger charge is -2.13. The Labute approximate surface area is 224 Å². The average molecular weight is 488 g/mol. The molecule has 1 heteroatoms. The van der Waals surface area contributed by atoms with Gasteiger partial charge in [0.2, 0.25) is 0 Å². The van der Waals surface area contributed by atoms with E-state index in [-0.39, 0.29) is 0 Å². The number of nitrogens with two attached hydrogens (primary N) is 1. The van der Waals surface area contributed by atoms with E-state index in [0.29, 0.717) is 0 Å². The van der Waals surface area contributed by atoms with Gasteiger partial charge in [0.1, 0.15) is 0 Å². The molecule has 182 valence electrons. The van der Waals surface area contributed by atoms with Gasteiger partial charge in [0, 0.05) is 11.3 Å². The highest BCUT2D eigenvalue weighted by atomic mass is 14.6. The van der Waals surface area contributed by atoms with Gasteiger partial charge >= 0.3 is 0 Å². The third kappa shape index (κ3) is 5.00. The Morgan fingerprint density at radius 1 is 0.342 bits per heavy atom. The summed E-state index contributed by atoms with van der Waals surface area (Å²) in [6.45, 7) is 0. The van der Waals surface area contributed by atoms with Gasteiger partial charge < -0.3 is 5.73 Å². The molecular weight excluding hydrogens is 458 g/mol. The van der Waals surface area contributed by atoms with Gasteiger partial charge in [-0.25, -0.2) is 0 Å². The van der Waals surface area contributed by atoms with Gasteiger partial charge in [0.25, 0.3) is 0 Å². The van der Waals surface area contributed by atoms with Crippen LogP contribution in [0.2, 0.25) is 0 Å². The summed E-state index contributed by atoms with van der Waals surface area (Å²) in [6, 6.07) is 53.7. The number of rotatable bonds is 6. The van der Waals surface area contributed by atoms with Crippen LogP contribution in [0.1, 0.15) is 11.1 Å². The fraction of sp³-hybridized carbons (Fsp3) is 0.0270. The zero-order chi connectivity index (χ0) is 25.7. The smallest absolute Gasteiger partial charge is 0.0394 e. The van der Waals surface area contributed by atoms with Crippen molar-refractivity contribution in [1.82, 2.24) is 0 Å². The second kappa shape index (κ2) is 10.6. The first-order valence-corrected chi connectivity index (χ1v) is 13.0. The van der Waals surface area contributed by atoms with E-state index in [2.05, 4.69) is 127 Å². The van der Waals surface area contributed by atoms with E-state index in [4.69, 9.17) is 5.73 Å². The Hall–Kier alpha value is -4.88. The number of anilines is 1. The number of nitrogen functional groups attached to an aromatic ring is 1. The standard InChI is InChI=1S/C37H29N/c38-37-23-21-33(26-36(37)32-14-8-3-9-15-32)29-19-16-27(17-20-29)24-28-18-22-34(30-10-4-1-5-11-30)35(25-28)31-12-6-2-7-13-31/h1-23,25-26H,24,38H2. The van der Waals surface area contributed by atoms with Crippen LogP contribution in [0.25, 0.3) is 44.5 Å². The van der Waals surface area contributed by atoms with Gasteiger partial charge in [-0.2, -0.15) is 0 Å². The van der Waals surface area contributed by atoms with Gasteiger partial charge in [-0.1, -0.05) is 140 Å². The fourth-order valence-electron chi connectivity index (χ4n) is 5.08. The molecule has 0 aliphatic carbocycles. The summed E-state index contributed by atoms with van der Waals surface area (Å²) in [6.07, 6.45) is 0.881. The number of hydrogen-bond donors (Lipinski definition) is 1. The number of hydrogen-bond acceptors (Lipinski definition) is 1. The van der Waals surface area contributed by atoms with E-state index >= 15 is 0 Å². The highest BCUT2D eigenvalue weighted by Gasteiger charge is 2.10. The monoisotopic (exact) mass is 487 g/mol. The molecule has 2 N–H and O–H groups in total. The zero-order valence-corrected chi connectivity index (χ0v) is 21.2. The maximum absolute atomic E-state index is 6.31. The van der Waals surface area contributed by atoms with E-state index < -0.39 is 0 Å². The Bertz CT molecular complexity index is 1650. The first-order chi connectivity index (χ1) is 18.7. The maximum atomic E-state index is 6.31. The summed E-state index contributed by atoms with van der Waals surface area (Å²) in [4.78, 5) is 0. The van der Waals surface area contributed by atoms with Crippen molar-refractivity contribution in [3.63, 3.8) is 0 Å². The van der Waals surface area contributed by atoms with Crippen molar-refractivity contribution >= 4 is 5.69 Å². The van der Waals surface area contributed by atoms with Gasteiger partial charge in [0.15, 0.2) is 0 Å². The molecule has 0 bridgehead atoms.